The summed E-state index contributed by atoms with van der Waals surface area (Å²) in [5.74, 6) is 0.439. The molecule has 2 rings (SSSR count). The monoisotopic (exact) mass is 399 g/mol. The number of nitrogens with zero attached hydrogens (tertiary/aromatic N) is 1. The molecule has 132 valence electrons. The van der Waals surface area contributed by atoms with Crippen molar-refractivity contribution in [3.05, 3.63) is 57.0 Å². The van der Waals surface area contributed by atoms with Gasteiger partial charge in [0.25, 0.3) is 0 Å². The van der Waals surface area contributed by atoms with Crippen LogP contribution in [0.15, 0.2) is 41.5 Å². The molecule has 0 unspecified atom stereocenters. The molecule has 0 saturated heterocycles. The Kier molecular flexibility index (Phi) is 7.37. The first kappa shape index (κ1) is 19.4. The van der Waals surface area contributed by atoms with Crippen molar-refractivity contribution in [3.63, 3.8) is 0 Å². The van der Waals surface area contributed by atoms with Crippen molar-refractivity contribution in [2.75, 3.05) is 11.9 Å². The molecule has 0 fully saturated rings. The van der Waals surface area contributed by atoms with E-state index in [1.54, 1.807) is 36.4 Å². The second-order valence-corrected chi connectivity index (χ2v) is 6.25. The van der Waals surface area contributed by atoms with Gasteiger partial charge in [-0.2, -0.15) is 5.10 Å². The second kappa shape index (κ2) is 9.51. The number of amides is 2. The number of anilines is 1. The Labute approximate surface area is 160 Å². The number of hydrogen-bond acceptors (Lipinski definition) is 3. The number of hydrogen-bond donors (Lipinski definition) is 2. The molecule has 0 aliphatic heterocycles. The number of ether oxygens (including phenoxy) is 1. The molecular formula is C17H16Cl3N3O2. The molecule has 2 aromatic rings. The van der Waals surface area contributed by atoms with Gasteiger partial charge in [0.05, 0.1) is 22.9 Å². The molecule has 0 saturated carbocycles. The maximum atomic E-state index is 11.8. The average Bonchev–Trinajstić information content (AvgIpc) is 2.54. The molecule has 2 N–H and O–H groups in total. The van der Waals surface area contributed by atoms with Crippen LogP contribution in [0.3, 0.4) is 0 Å². The Hall–Kier alpha value is -1.95. The molecule has 0 aromatic heterocycles. The second-order valence-electron chi connectivity index (χ2n) is 5.00. The van der Waals surface area contributed by atoms with E-state index in [-0.39, 0.29) is 0 Å². The summed E-state index contributed by atoms with van der Waals surface area (Å²) in [5.41, 5.74) is 3.53. The summed E-state index contributed by atoms with van der Waals surface area (Å²) >= 11 is 18.2. The zero-order valence-corrected chi connectivity index (χ0v) is 15.6. The van der Waals surface area contributed by atoms with Crippen LogP contribution in [0.5, 0.6) is 5.75 Å². The molecule has 0 bridgehead atoms. The molecule has 0 atom stereocenters. The van der Waals surface area contributed by atoms with Crippen LogP contribution in [-0.2, 0) is 0 Å². The van der Waals surface area contributed by atoms with Gasteiger partial charge in [-0.15, -0.1) is 0 Å². The number of carbonyl (C=O) groups excluding carboxylic acids is 1. The van der Waals surface area contributed by atoms with E-state index in [0.29, 0.717) is 38.7 Å². The molecular weight excluding hydrogens is 385 g/mol. The van der Waals surface area contributed by atoms with Crippen LogP contribution >= 0.6 is 34.8 Å². The Morgan fingerprint density at radius 3 is 2.56 bits per heavy atom. The van der Waals surface area contributed by atoms with E-state index in [0.717, 1.165) is 6.42 Å². The molecule has 2 aromatic carbocycles. The fourth-order valence-corrected chi connectivity index (χ4v) is 2.69. The third kappa shape index (κ3) is 6.12. The number of carbonyl (C=O) groups is 1. The molecule has 25 heavy (non-hydrogen) atoms. The fourth-order valence-electron chi connectivity index (χ4n) is 1.89. The largest absolute Gasteiger partial charge is 0.490 e. The Bertz CT molecular complexity index is 758. The summed E-state index contributed by atoms with van der Waals surface area (Å²) in [6.45, 7) is 2.51. The maximum Gasteiger partial charge on any atom is 0.339 e. The summed E-state index contributed by atoms with van der Waals surface area (Å²) in [6.07, 6.45) is 2.28. The van der Waals surface area contributed by atoms with Crippen LogP contribution in [0.2, 0.25) is 15.1 Å². The van der Waals surface area contributed by atoms with Crippen LogP contribution in [0.4, 0.5) is 10.5 Å². The maximum absolute atomic E-state index is 11.8. The van der Waals surface area contributed by atoms with Gasteiger partial charge in [0, 0.05) is 10.7 Å². The number of benzene rings is 2. The summed E-state index contributed by atoms with van der Waals surface area (Å²) in [6, 6.07) is 9.58. The van der Waals surface area contributed by atoms with Crippen LogP contribution in [-0.4, -0.2) is 18.9 Å². The Morgan fingerprint density at radius 1 is 1.20 bits per heavy atom. The zero-order valence-electron chi connectivity index (χ0n) is 13.4. The number of halogens is 3. The summed E-state index contributed by atoms with van der Waals surface area (Å²) in [4.78, 5) is 11.8. The van der Waals surface area contributed by atoms with Gasteiger partial charge in [0.2, 0.25) is 0 Å². The number of rotatable bonds is 6. The lowest BCUT2D eigenvalue weighted by Crippen LogP contribution is -2.24. The first-order valence-electron chi connectivity index (χ1n) is 7.47. The Morgan fingerprint density at radius 2 is 1.92 bits per heavy atom. The minimum Gasteiger partial charge on any atom is -0.490 e. The molecule has 2 amide bonds. The summed E-state index contributed by atoms with van der Waals surface area (Å²) < 4.78 is 5.49. The van der Waals surface area contributed by atoms with Gasteiger partial charge < -0.3 is 10.1 Å². The van der Waals surface area contributed by atoms with Gasteiger partial charge in [-0.25, -0.2) is 10.2 Å². The molecule has 5 nitrogen and oxygen atoms in total. The van der Waals surface area contributed by atoms with Gasteiger partial charge in [0.15, 0.2) is 5.75 Å². The SMILES string of the molecule is CCCOc1c(Cl)cc(/C=N\NC(=O)Nc2cccc(Cl)c2)cc1Cl. The molecule has 0 radical (unpaired) electrons. The predicted molar refractivity (Wildman–Crippen MR) is 103 cm³/mol. The van der Waals surface area contributed by atoms with E-state index in [2.05, 4.69) is 15.8 Å². The molecule has 8 heteroatoms. The van der Waals surface area contributed by atoms with E-state index in [9.17, 15) is 4.79 Å². The summed E-state index contributed by atoms with van der Waals surface area (Å²) in [7, 11) is 0. The van der Waals surface area contributed by atoms with Crippen molar-refractivity contribution in [1.82, 2.24) is 5.43 Å². The highest BCUT2D eigenvalue weighted by Crippen LogP contribution is 2.33. The van der Waals surface area contributed by atoms with Gasteiger partial charge in [-0.3, -0.25) is 0 Å². The van der Waals surface area contributed by atoms with Crippen molar-refractivity contribution >= 4 is 52.7 Å². The molecule has 0 heterocycles. The molecule has 0 spiro atoms. The van der Waals surface area contributed by atoms with Crippen molar-refractivity contribution in [3.8, 4) is 5.75 Å². The van der Waals surface area contributed by atoms with E-state index in [1.165, 1.54) is 6.21 Å². The van der Waals surface area contributed by atoms with Crippen molar-refractivity contribution in [1.29, 1.82) is 0 Å². The first-order chi connectivity index (χ1) is 12.0. The lowest BCUT2D eigenvalue weighted by Gasteiger charge is -2.09. The minimum absolute atomic E-state index is 0.380. The highest BCUT2D eigenvalue weighted by atomic mass is 35.5. The lowest BCUT2D eigenvalue weighted by molar-refractivity contribution is 0.252. The highest BCUT2D eigenvalue weighted by Gasteiger charge is 2.09. The quantitative estimate of drug-likeness (QED) is 0.490. The topological polar surface area (TPSA) is 62.7 Å². The van der Waals surface area contributed by atoms with E-state index in [4.69, 9.17) is 39.5 Å². The highest BCUT2D eigenvalue weighted by molar-refractivity contribution is 6.37. The van der Waals surface area contributed by atoms with E-state index in [1.807, 2.05) is 6.92 Å². The van der Waals surface area contributed by atoms with E-state index >= 15 is 0 Å². The van der Waals surface area contributed by atoms with Crippen LogP contribution in [0.25, 0.3) is 0 Å². The van der Waals surface area contributed by atoms with Crippen LogP contribution in [0.1, 0.15) is 18.9 Å². The summed E-state index contributed by atoms with van der Waals surface area (Å²) in [5, 5.41) is 7.74. The standard InChI is InChI=1S/C17H16Cl3N3O2/c1-2-6-25-16-14(19)7-11(8-15(16)20)10-21-23-17(24)22-13-5-3-4-12(18)9-13/h3-5,7-10H,2,6H2,1H3,(H2,22,23,24)/b21-10-. The van der Waals surface area contributed by atoms with Crippen molar-refractivity contribution < 1.29 is 9.53 Å². The zero-order chi connectivity index (χ0) is 18.2. The molecule has 0 aliphatic rings. The number of nitrogens with one attached hydrogen (secondary N) is 2. The van der Waals surface area contributed by atoms with Crippen LogP contribution in [0, 0.1) is 0 Å². The normalized spacial score (nSPS) is 10.7. The fraction of sp³-hybridized carbons (Fsp3) is 0.176. The van der Waals surface area contributed by atoms with Crippen molar-refractivity contribution in [2.45, 2.75) is 13.3 Å². The smallest absolute Gasteiger partial charge is 0.339 e. The molecule has 0 aliphatic carbocycles. The minimum atomic E-state index is -0.501. The van der Waals surface area contributed by atoms with Gasteiger partial charge >= 0.3 is 6.03 Å². The predicted octanol–water partition coefficient (Wildman–Crippen LogP) is 5.59. The number of hydrazone groups is 1. The van der Waals surface area contributed by atoms with Crippen molar-refractivity contribution in [2.24, 2.45) is 5.10 Å². The average molecular weight is 401 g/mol. The third-order valence-electron chi connectivity index (χ3n) is 2.93. The third-order valence-corrected chi connectivity index (χ3v) is 3.73. The Balaban J connectivity index is 1.96. The lowest BCUT2D eigenvalue weighted by atomic mass is 10.2. The van der Waals surface area contributed by atoms with E-state index < -0.39 is 6.03 Å². The van der Waals surface area contributed by atoms with Crippen LogP contribution < -0.4 is 15.5 Å². The van der Waals surface area contributed by atoms with Gasteiger partial charge in [-0.1, -0.05) is 47.8 Å². The first-order valence-corrected chi connectivity index (χ1v) is 8.60. The number of urea groups is 1. The van der Waals surface area contributed by atoms with Gasteiger partial charge in [0.1, 0.15) is 0 Å². The van der Waals surface area contributed by atoms with Gasteiger partial charge in [-0.05, 0) is 42.3 Å².